The fourth-order valence-electron chi connectivity index (χ4n) is 2.49. The summed E-state index contributed by atoms with van der Waals surface area (Å²) in [6, 6.07) is 6.46. The molecule has 1 amide bonds. The normalized spacial score (nSPS) is 12.4. The van der Waals surface area contributed by atoms with Crippen molar-refractivity contribution in [3.63, 3.8) is 0 Å². The summed E-state index contributed by atoms with van der Waals surface area (Å²) in [5, 5.41) is 2.62. The molecular formula is C24H41NO10S. The zero-order valence-corrected chi connectivity index (χ0v) is 22.4. The summed E-state index contributed by atoms with van der Waals surface area (Å²) in [7, 11) is -3.77. The Kier molecular flexibility index (Phi) is 18.2. The highest BCUT2D eigenvalue weighted by Crippen LogP contribution is 2.12. The average Bonchev–Trinajstić information content (AvgIpc) is 2.85. The van der Waals surface area contributed by atoms with Gasteiger partial charge in [-0.25, -0.2) is 4.79 Å². The van der Waals surface area contributed by atoms with Gasteiger partial charge in [0.25, 0.3) is 10.1 Å². The molecule has 0 fully saturated rings. The third kappa shape index (κ3) is 16.8. The fourth-order valence-corrected chi connectivity index (χ4v) is 3.38. The van der Waals surface area contributed by atoms with Crippen molar-refractivity contribution >= 4 is 16.2 Å². The van der Waals surface area contributed by atoms with Gasteiger partial charge in [0.2, 0.25) is 0 Å². The standard InChI is InChI=1S/C24H41NO10S/c1-4-22(3)35-24(26)25-9-10-29-11-12-30-13-14-31-15-16-32-17-18-33-19-20-34-36(27,28)23-7-5-21(2)6-8-23/h5-8,22H,4,9-20H2,1-3H3,(H,25,26). The van der Waals surface area contributed by atoms with Gasteiger partial charge >= 0.3 is 6.09 Å². The maximum Gasteiger partial charge on any atom is 0.407 e. The van der Waals surface area contributed by atoms with E-state index in [2.05, 4.69) is 5.32 Å². The lowest BCUT2D eigenvalue weighted by Gasteiger charge is -2.12. The molecule has 0 spiro atoms. The van der Waals surface area contributed by atoms with Gasteiger partial charge in [-0.1, -0.05) is 24.6 Å². The Bertz CT molecular complexity index is 789. The van der Waals surface area contributed by atoms with Crippen molar-refractivity contribution < 1.29 is 45.8 Å². The molecule has 0 radical (unpaired) electrons. The van der Waals surface area contributed by atoms with E-state index in [1.165, 1.54) is 12.1 Å². The first-order valence-corrected chi connectivity index (χ1v) is 13.5. The third-order valence-electron chi connectivity index (χ3n) is 4.66. The Morgan fingerprint density at radius 2 is 1.22 bits per heavy atom. The zero-order chi connectivity index (χ0) is 26.5. The van der Waals surface area contributed by atoms with Crippen LogP contribution >= 0.6 is 0 Å². The lowest BCUT2D eigenvalue weighted by molar-refractivity contribution is -0.0124. The smallest absolute Gasteiger partial charge is 0.407 e. The number of hydrogen-bond donors (Lipinski definition) is 1. The van der Waals surface area contributed by atoms with E-state index in [9.17, 15) is 13.2 Å². The van der Waals surface area contributed by atoms with Crippen LogP contribution < -0.4 is 5.32 Å². The number of nitrogens with one attached hydrogen (secondary N) is 1. The van der Waals surface area contributed by atoms with Gasteiger partial charge in [-0.05, 0) is 32.4 Å². The summed E-state index contributed by atoms with van der Waals surface area (Å²) in [6.45, 7) is 9.80. The average molecular weight is 536 g/mol. The molecule has 0 aliphatic rings. The number of alkyl carbamates (subject to hydrolysis) is 1. The maximum atomic E-state index is 12.0. The summed E-state index contributed by atoms with van der Waals surface area (Å²) in [5.74, 6) is 0. The van der Waals surface area contributed by atoms with Gasteiger partial charge in [0.05, 0.1) is 77.6 Å². The molecule has 1 aromatic rings. The molecule has 0 saturated carbocycles. The minimum atomic E-state index is -3.77. The first kappa shape index (κ1) is 32.2. The van der Waals surface area contributed by atoms with Crippen molar-refractivity contribution in [2.24, 2.45) is 0 Å². The molecule has 36 heavy (non-hydrogen) atoms. The van der Waals surface area contributed by atoms with Gasteiger partial charge in [-0.2, -0.15) is 8.42 Å². The van der Waals surface area contributed by atoms with Crippen LogP contribution in [-0.4, -0.2) is 99.8 Å². The Hall–Kier alpha value is -1.80. The summed E-state index contributed by atoms with van der Waals surface area (Å²) in [4.78, 5) is 11.5. The molecule has 1 unspecified atom stereocenters. The van der Waals surface area contributed by atoms with E-state index in [4.69, 9.17) is 32.6 Å². The summed E-state index contributed by atoms with van der Waals surface area (Å²) in [6.07, 6.45) is 0.239. The number of benzene rings is 1. The highest BCUT2D eigenvalue weighted by molar-refractivity contribution is 7.86. The zero-order valence-electron chi connectivity index (χ0n) is 21.6. The minimum Gasteiger partial charge on any atom is -0.447 e. The highest BCUT2D eigenvalue weighted by atomic mass is 32.2. The van der Waals surface area contributed by atoms with Crippen molar-refractivity contribution in [2.45, 2.75) is 38.2 Å². The van der Waals surface area contributed by atoms with E-state index in [-0.39, 0.29) is 24.2 Å². The lowest BCUT2D eigenvalue weighted by Crippen LogP contribution is -2.30. The number of carbonyl (C=O) groups is 1. The molecule has 11 nitrogen and oxygen atoms in total. The lowest BCUT2D eigenvalue weighted by atomic mass is 10.2. The number of carbonyl (C=O) groups excluding carboxylic acids is 1. The molecule has 0 aliphatic carbocycles. The van der Waals surface area contributed by atoms with Gasteiger partial charge in [-0.15, -0.1) is 0 Å². The van der Waals surface area contributed by atoms with E-state index in [1.807, 2.05) is 20.8 Å². The Balaban J connectivity index is 1.80. The molecule has 12 heteroatoms. The van der Waals surface area contributed by atoms with Crippen molar-refractivity contribution in [1.29, 1.82) is 0 Å². The summed E-state index contributed by atoms with van der Waals surface area (Å²) < 4.78 is 60.9. The van der Waals surface area contributed by atoms with Crippen molar-refractivity contribution in [1.82, 2.24) is 5.32 Å². The molecule has 1 rings (SSSR count). The summed E-state index contributed by atoms with van der Waals surface area (Å²) >= 11 is 0. The molecule has 0 heterocycles. The second kappa shape index (κ2) is 20.3. The van der Waals surface area contributed by atoms with Crippen LogP contribution in [0.3, 0.4) is 0 Å². The number of rotatable bonds is 22. The second-order valence-corrected chi connectivity index (χ2v) is 9.32. The molecular weight excluding hydrogens is 494 g/mol. The SMILES string of the molecule is CCC(C)OC(=O)NCCOCCOCCOCCOCCOCCOS(=O)(=O)c1ccc(C)cc1. The Morgan fingerprint density at radius 1 is 0.778 bits per heavy atom. The molecule has 0 saturated heterocycles. The third-order valence-corrected chi connectivity index (χ3v) is 5.99. The van der Waals surface area contributed by atoms with E-state index < -0.39 is 16.2 Å². The molecule has 0 aromatic heterocycles. The first-order valence-electron chi connectivity index (χ1n) is 12.1. The highest BCUT2D eigenvalue weighted by Gasteiger charge is 2.14. The molecule has 1 N–H and O–H groups in total. The molecule has 0 aliphatic heterocycles. The van der Waals surface area contributed by atoms with Gasteiger partial charge < -0.3 is 33.7 Å². The van der Waals surface area contributed by atoms with Crippen molar-refractivity contribution in [3.05, 3.63) is 29.8 Å². The molecule has 0 bridgehead atoms. The summed E-state index contributed by atoms with van der Waals surface area (Å²) in [5.41, 5.74) is 0.973. The van der Waals surface area contributed by atoms with Gasteiger partial charge in [0.1, 0.15) is 6.10 Å². The number of aryl methyl sites for hydroxylation is 1. The van der Waals surface area contributed by atoms with Crippen molar-refractivity contribution in [3.8, 4) is 0 Å². The van der Waals surface area contributed by atoms with Crippen LogP contribution in [0.1, 0.15) is 25.8 Å². The van der Waals surface area contributed by atoms with Crippen LogP contribution in [0.2, 0.25) is 0 Å². The monoisotopic (exact) mass is 535 g/mol. The fraction of sp³-hybridized carbons (Fsp3) is 0.708. The second-order valence-electron chi connectivity index (χ2n) is 7.70. The topological polar surface area (TPSA) is 128 Å². The predicted octanol–water partition coefficient (Wildman–Crippen LogP) is 2.31. The van der Waals surface area contributed by atoms with Crippen LogP contribution in [0.15, 0.2) is 29.2 Å². The van der Waals surface area contributed by atoms with Crippen LogP contribution in [0.25, 0.3) is 0 Å². The van der Waals surface area contributed by atoms with Crippen LogP contribution in [0.5, 0.6) is 0 Å². The van der Waals surface area contributed by atoms with Crippen LogP contribution in [-0.2, 0) is 42.7 Å². The van der Waals surface area contributed by atoms with E-state index in [0.717, 1.165) is 12.0 Å². The van der Waals surface area contributed by atoms with Crippen LogP contribution in [0, 0.1) is 6.92 Å². The van der Waals surface area contributed by atoms with Gasteiger partial charge in [0, 0.05) is 6.54 Å². The van der Waals surface area contributed by atoms with Gasteiger partial charge in [0.15, 0.2) is 0 Å². The molecule has 1 aromatic carbocycles. The maximum absolute atomic E-state index is 12.0. The first-order chi connectivity index (χ1) is 17.3. The number of amides is 1. The van der Waals surface area contributed by atoms with E-state index >= 15 is 0 Å². The Labute approximate surface area is 214 Å². The Morgan fingerprint density at radius 3 is 1.69 bits per heavy atom. The largest absolute Gasteiger partial charge is 0.447 e. The van der Waals surface area contributed by atoms with Crippen LogP contribution in [0.4, 0.5) is 4.79 Å². The quantitative estimate of drug-likeness (QED) is 0.174. The molecule has 208 valence electrons. The number of hydrogen-bond acceptors (Lipinski definition) is 10. The van der Waals surface area contributed by atoms with E-state index in [0.29, 0.717) is 66.0 Å². The minimum absolute atomic E-state index is 0.0612. The number of ether oxygens (including phenoxy) is 6. The molecule has 1 atom stereocenters. The van der Waals surface area contributed by atoms with Gasteiger partial charge in [-0.3, -0.25) is 4.18 Å². The van der Waals surface area contributed by atoms with E-state index in [1.54, 1.807) is 12.1 Å². The predicted molar refractivity (Wildman–Crippen MR) is 133 cm³/mol. The van der Waals surface area contributed by atoms with Crippen molar-refractivity contribution in [2.75, 3.05) is 79.2 Å².